The van der Waals surface area contributed by atoms with Gasteiger partial charge in [-0.15, -0.1) is 0 Å². The van der Waals surface area contributed by atoms with Crippen LogP contribution in [-0.4, -0.2) is 39.0 Å². The van der Waals surface area contributed by atoms with Crippen LogP contribution in [-0.2, 0) is 0 Å². The van der Waals surface area contributed by atoms with E-state index in [1.165, 1.54) is 0 Å². The fraction of sp³-hybridized carbons (Fsp3) is 0.263. The van der Waals surface area contributed by atoms with Crippen LogP contribution in [0.1, 0.15) is 26.3 Å². The first-order valence-corrected chi connectivity index (χ1v) is 7.88. The lowest BCUT2D eigenvalue weighted by molar-refractivity contribution is 0.0927. The zero-order valence-corrected chi connectivity index (χ0v) is 14.3. The van der Waals surface area contributed by atoms with Crippen LogP contribution in [0.4, 0.5) is 5.69 Å². The van der Waals surface area contributed by atoms with Gasteiger partial charge in [-0.1, -0.05) is 17.7 Å². The zero-order valence-electron chi connectivity index (χ0n) is 14.3. The van der Waals surface area contributed by atoms with Gasteiger partial charge in [-0.2, -0.15) is 0 Å². The van der Waals surface area contributed by atoms with Crippen LogP contribution < -0.4 is 15.5 Å². The third-order valence-corrected chi connectivity index (χ3v) is 3.66. The van der Waals surface area contributed by atoms with E-state index in [-0.39, 0.29) is 11.8 Å². The Labute approximate surface area is 142 Å². The van der Waals surface area contributed by atoms with Crippen molar-refractivity contribution in [3.8, 4) is 0 Å². The first-order valence-electron chi connectivity index (χ1n) is 7.88. The highest BCUT2D eigenvalue weighted by molar-refractivity contribution is 5.95. The molecule has 5 nitrogen and oxygen atoms in total. The summed E-state index contributed by atoms with van der Waals surface area (Å²) in [5.41, 5.74) is 3.37. The number of hydrogen-bond donors (Lipinski definition) is 2. The number of anilines is 1. The van der Waals surface area contributed by atoms with Crippen molar-refractivity contribution in [2.45, 2.75) is 6.92 Å². The van der Waals surface area contributed by atoms with Crippen LogP contribution in [0.3, 0.4) is 0 Å². The summed E-state index contributed by atoms with van der Waals surface area (Å²) in [5.74, 6) is -0.288. The highest BCUT2D eigenvalue weighted by Crippen LogP contribution is 2.11. The molecule has 2 aromatic rings. The lowest BCUT2D eigenvalue weighted by Crippen LogP contribution is -2.34. The maximum Gasteiger partial charge on any atom is 0.251 e. The van der Waals surface area contributed by atoms with Crippen molar-refractivity contribution in [2.75, 3.05) is 32.1 Å². The molecule has 0 saturated heterocycles. The molecule has 0 aromatic heterocycles. The molecule has 0 heterocycles. The van der Waals surface area contributed by atoms with E-state index in [4.69, 9.17) is 0 Å². The molecular weight excluding hydrogens is 302 g/mol. The van der Waals surface area contributed by atoms with Crippen LogP contribution in [0.25, 0.3) is 0 Å². The molecule has 0 bridgehead atoms. The predicted octanol–water partition coefficient (Wildman–Crippen LogP) is 2.22. The summed E-state index contributed by atoms with van der Waals surface area (Å²) >= 11 is 0. The van der Waals surface area contributed by atoms with Gasteiger partial charge >= 0.3 is 0 Å². The molecule has 0 aliphatic heterocycles. The molecular formula is C19H23N3O2. The summed E-state index contributed by atoms with van der Waals surface area (Å²) in [4.78, 5) is 26.0. The second-order valence-electron chi connectivity index (χ2n) is 5.82. The Morgan fingerprint density at radius 1 is 0.792 bits per heavy atom. The number of nitrogens with zero attached hydrogens (tertiary/aromatic N) is 1. The van der Waals surface area contributed by atoms with Gasteiger partial charge in [-0.3, -0.25) is 9.59 Å². The van der Waals surface area contributed by atoms with E-state index < -0.39 is 0 Å². The van der Waals surface area contributed by atoms with Crippen molar-refractivity contribution in [1.29, 1.82) is 0 Å². The van der Waals surface area contributed by atoms with Gasteiger partial charge in [0.25, 0.3) is 11.8 Å². The maximum absolute atomic E-state index is 12.0. The third-order valence-electron chi connectivity index (χ3n) is 3.66. The van der Waals surface area contributed by atoms with Gasteiger partial charge in [-0.25, -0.2) is 0 Å². The summed E-state index contributed by atoms with van der Waals surface area (Å²) in [6, 6.07) is 14.7. The highest BCUT2D eigenvalue weighted by atomic mass is 16.2. The van der Waals surface area contributed by atoms with Crippen molar-refractivity contribution in [2.24, 2.45) is 0 Å². The van der Waals surface area contributed by atoms with Crippen LogP contribution in [0.5, 0.6) is 0 Å². The summed E-state index contributed by atoms with van der Waals surface area (Å²) in [7, 11) is 3.90. The molecule has 0 saturated carbocycles. The number of carbonyl (C=O) groups is 2. The number of hydrogen-bond acceptors (Lipinski definition) is 3. The molecule has 24 heavy (non-hydrogen) atoms. The molecule has 0 atom stereocenters. The van der Waals surface area contributed by atoms with Crippen LogP contribution in [0, 0.1) is 6.92 Å². The van der Waals surface area contributed by atoms with Crippen molar-refractivity contribution in [1.82, 2.24) is 10.6 Å². The summed E-state index contributed by atoms with van der Waals surface area (Å²) < 4.78 is 0. The Morgan fingerprint density at radius 3 is 1.62 bits per heavy atom. The number of rotatable bonds is 6. The first-order chi connectivity index (χ1) is 11.5. The molecule has 5 heteroatoms. The molecule has 126 valence electrons. The quantitative estimate of drug-likeness (QED) is 0.801. The second kappa shape index (κ2) is 8.15. The number of nitrogens with one attached hydrogen (secondary N) is 2. The van der Waals surface area contributed by atoms with Crippen molar-refractivity contribution in [3.05, 3.63) is 65.2 Å². The third kappa shape index (κ3) is 4.84. The van der Waals surface area contributed by atoms with Crippen LogP contribution in [0.2, 0.25) is 0 Å². The molecule has 2 aromatic carbocycles. The summed E-state index contributed by atoms with van der Waals surface area (Å²) in [6.45, 7) is 2.74. The molecule has 2 amide bonds. The van der Waals surface area contributed by atoms with Gasteiger partial charge in [0.15, 0.2) is 0 Å². The van der Waals surface area contributed by atoms with Gasteiger partial charge in [0, 0.05) is 44.0 Å². The smallest absolute Gasteiger partial charge is 0.251 e. The lowest BCUT2D eigenvalue weighted by Gasteiger charge is -2.12. The number of benzene rings is 2. The normalized spacial score (nSPS) is 10.1. The second-order valence-corrected chi connectivity index (χ2v) is 5.82. The van der Waals surface area contributed by atoms with E-state index in [1.807, 2.05) is 50.2 Å². The van der Waals surface area contributed by atoms with Crippen LogP contribution in [0.15, 0.2) is 48.5 Å². The standard InChI is InChI=1S/C19H23N3O2/c1-14-4-6-15(7-5-14)18(23)20-12-13-21-19(24)16-8-10-17(11-9-16)22(2)3/h4-11H,12-13H2,1-3H3,(H,20,23)(H,21,24). The van der Waals surface area contributed by atoms with E-state index in [0.29, 0.717) is 24.2 Å². The van der Waals surface area contributed by atoms with Gasteiger partial charge in [0.2, 0.25) is 0 Å². The maximum atomic E-state index is 12.0. The van der Waals surface area contributed by atoms with E-state index in [2.05, 4.69) is 10.6 Å². The minimum Gasteiger partial charge on any atom is -0.378 e. The summed E-state index contributed by atoms with van der Waals surface area (Å²) in [5, 5.41) is 5.59. The average molecular weight is 325 g/mol. The summed E-state index contributed by atoms with van der Waals surface area (Å²) in [6.07, 6.45) is 0. The van der Waals surface area contributed by atoms with Crippen LogP contribution >= 0.6 is 0 Å². The minimum absolute atomic E-state index is 0.139. The van der Waals surface area contributed by atoms with Crippen molar-refractivity contribution >= 4 is 17.5 Å². The number of amides is 2. The lowest BCUT2D eigenvalue weighted by atomic mass is 10.1. The largest absolute Gasteiger partial charge is 0.378 e. The Bertz CT molecular complexity index is 692. The van der Waals surface area contributed by atoms with Crippen molar-refractivity contribution < 1.29 is 9.59 Å². The Morgan fingerprint density at radius 2 is 1.21 bits per heavy atom. The SMILES string of the molecule is Cc1ccc(C(=O)NCCNC(=O)c2ccc(N(C)C)cc2)cc1. The van der Waals surface area contributed by atoms with Crippen molar-refractivity contribution in [3.63, 3.8) is 0 Å². The fourth-order valence-corrected chi connectivity index (χ4v) is 2.17. The van der Waals surface area contributed by atoms with Gasteiger partial charge in [-0.05, 0) is 43.3 Å². The Hall–Kier alpha value is -2.82. The molecule has 0 spiro atoms. The average Bonchev–Trinajstić information content (AvgIpc) is 2.59. The monoisotopic (exact) mass is 325 g/mol. The first kappa shape index (κ1) is 17.5. The van der Waals surface area contributed by atoms with Gasteiger partial charge in [0.1, 0.15) is 0 Å². The van der Waals surface area contributed by atoms with E-state index in [1.54, 1.807) is 24.3 Å². The van der Waals surface area contributed by atoms with Gasteiger partial charge < -0.3 is 15.5 Å². The topological polar surface area (TPSA) is 61.4 Å². The molecule has 0 fully saturated rings. The highest BCUT2D eigenvalue weighted by Gasteiger charge is 2.07. The fourth-order valence-electron chi connectivity index (χ4n) is 2.17. The molecule has 2 N–H and O–H groups in total. The Balaban J connectivity index is 1.76. The van der Waals surface area contributed by atoms with E-state index in [9.17, 15) is 9.59 Å². The molecule has 0 aliphatic carbocycles. The zero-order chi connectivity index (χ0) is 17.5. The molecule has 0 unspecified atom stereocenters. The van der Waals surface area contributed by atoms with Gasteiger partial charge in [0.05, 0.1) is 0 Å². The molecule has 0 radical (unpaired) electrons. The molecule has 2 rings (SSSR count). The number of carbonyl (C=O) groups excluding carboxylic acids is 2. The Kier molecular flexibility index (Phi) is 5.95. The van der Waals surface area contributed by atoms with E-state index >= 15 is 0 Å². The predicted molar refractivity (Wildman–Crippen MR) is 96.6 cm³/mol. The number of aryl methyl sites for hydroxylation is 1. The van der Waals surface area contributed by atoms with E-state index in [0.717, 1.165) is 11.3 Å². The molecule has 0 aliphatic rings. The minimum atomic E-state index is -0.148.